The molecule has 0 aromatic heterocycles. The van der Waals surface area contributed by atoms with Crippen molar-refractivity contribution in [2.24, 2.45) is 0 Å². The number of nitrogens with zero attached hydrogens (tertiary/aromatic N) is 2. The summed E-state index contributed by atoms with van der Waals surface area (Å²) in [5.41, 5.74) is 3.11. The molecule has 3 aromatic carbocycles. The number of carbonyl (C=O) groups is 2. The minimum atomic E-state index is -0.709. The minimum absolute atomic E-state index is 0.0924. The summed E-state index contributed by atoms with van der Waals surface area (Å²) in [6, 6.07) is 21.9. The Kier molecular flexibility index (Phi) is 9.61. The van der Waals surface area contributed by atoms with Crippen LogP contribution >= 0.6 is 0 Å². The highest BCUT2D eigenvalue weighted by atomic mass is 16.5. The molecule has 1 heterocycles. The number of amides is 1. The molecule has 40 heavy (non-hydrogen) atoms. The zero-order valence-electron chi connectivity index (χ0n) is 23.7. The topological polar surface area (TPSA) is 79.3 Å². The molecule has 1 saturated heterocycles. The minimum Gasteiger partial charge on any atom is -0.507 e. The van der Waals surface area contributed by atoms with E-state index in [2.05, 4.69) is 18.7 Å². The van der Waals surface area contributed by atoms with E-state index in [1.165, 1.54) is 0 Å². The first kappa shape index (κ1) is 28.9. The lowest BCUT2D eigenvalue weighted by Gasteiger charge is -2.28. The Balaban J connectivity index is 1.69. The molecule has 1 amide bonds. The molecule has 1 aliphatic rings. The molecule has 7 nitrogen and oxygen atoms in total. The van der Waals surface area contributed by atoms with E-state index in [1.807, 2.05) is 74.5 Å². The summed E-state index contributed by atoms with van der Waals surface area (Å²) in [6.45, 7) is 11.5. The monoisotopic (exact) mass is 542 g/mol. The van der Waals surface area contributed by atoms with Crippen LogP contribution in [-0.2, 0) is 16.2 Å². The maximum Gasteiger partial charge on any atom is 0.295 e. The van der Waals surface area contributed by atoms with Crippen LogP contribution in [-0.4, -0.2) is 59.4 Å². The molecule has 1 atom stereocenters. The van der Waals surface area contributed by atoms with Crippen molar-refractivity contribution in [3.05, 3.63) is 101 Å². The molecular formula is C33H38N2O5. The van der Waals surface area contributed by atoms with E-state index in [9.17, 15) is 14.7 Å². The SMILES string of the molecule is CCOc1ccc([C@H]2C(=C(O)c3ccc(OCc4ccccc4)cc3C)C(=O)C(=O)N2CCN(CC)CC)cc1. The predicted octanol–water partition coefficient (Wildman–Crippen LogP) is 5.74. The van der Waals surface area contributed by atoms with Crippen LogP contribution in [0.25, 0.3) is 5.76 Å². The molecule has 0 aliphatic carbocycles. The number of aliphatic hydroxyl groups excluding tert-OH is 1. The fraction of sp³-hybridized carbons (Fsp3) is 0.333. The van der Waals surface area contributed by atoms with Gasteiger partial charge in [-0.2, -0.15) is 0 Å². The van der Waals surface area contributed by atoms with Crippen LogP contribution in [0.5, 0.6) is 11.5 Å². The second-order valence-corrected chi connectivity index (χ2v) is 9.77. The third-order valence-corrected chi connectivity index (χ3v) is 7.30. The first-order chi connectivity index (χ1) is 19.4. The smallest absolute Gasteiger partial charge is 0.295 e. The highest BCUT2D eigenvalue weighted by molar-refractivity contribution is 6.46. The Hall–Kier alpha value is -4.10. The van der Waals surface area contributed by atoms with Crippen LogP contribution in [0.4, 0.5) is 0 Å². The normalized spacial score (nSPS) is 16.5. The number of rotatable bonds is 12. The lowest BCUT2D eigenvalue weighted by molar-refractivity contribution is -0.140. The van der Waals surface area contributed by atoms with E-state index in [1.54, 1.807) is 17.0 Å². The van der Waals surface area contributed by atoms with Crippen molar-refractivity contribution >= 4 is 17.4 Å². The summed E-state index contributed by atoms with van der Waals surface area (Å²) < 4.78 is 11.5. The van der Waals surface area contributed by atoms with Gasteiger partial charge in [0.1, 0.15) is 23.9 Å². The largest absolute Gasteiger partial charge is 0.507 e. The highest BCUT2D eigenvalue weighted by Crippen LogP contribution is 2.40. The zero-order chi connectivity index (χ0) is 28.6. The van der Waals surface area contributed by atoms with Gasteiger partial charge in [0.15, 0.2) is 0 Å². The molecule has 0 radical (unpaired) electrons. The summed E-state index contributed by atoms with van der Waals surface area (Å²) in [5, 5.41) is 11.6. The molecule has 1 fully saturated rings. The van der Waals surface area contributed by atoms with Crippen LogP contribution in [0.1, 0.15) is 49.1 Å². The average Bonchev–Trinajstić information content (AvgIpc) is 3.22. The summed E-state index contributed by atoms with van der Waals surface area (Å²) in [5.74, 6) is -0.114. The number of ether oxygens (including phenoxy) is 2. The molecule has 7 heteroatoms. The maximum atomic E-state index is 13.4. The number of Topliss-reactive ketones (excluding diaryl/α,β-unsaturated/α-hetero) is 1. The van der Waals surface area contributed by atoms with Crippen molar-refractivity contribution in [2.75, 3.05) is 32.8 Å². The second-order valence-electron chi connectivity index (χ2n) is 9.77. The van der Waals surface area contributed by atoms with Gasteiger partial charge in [0.25, 0.3) is 11.7 Å². The van der Waals surface area contributed by atoms with Gasteiger partial charge in [-0.1, -0.05) is 56.3 Å². The fourth-order valence-electron chi connectivity index (χ4n) is 5.04. The van der Waals surface area contributed by atoms with Crippen molar-refractivity contribution in [1.82, 2.24) is 9.80 Å². The average molecular weight is 543 g/mol. The highest BCUT2D eigenvalue weighted by Gasteiger charge is 2.46. The predicted molar refractivity (Wildman–Crippen MR) is 156 cm³/mol. The molecule has 210 valence electrons. The number of carbonyl (C=O) groups excluding carboxylic acids is 2. The lowest BCUT2D eigenvalue weighted by Crippen LogP contribution is -2.38. The Morgan fingerprint density at radius 3 is 2.20 bits per heavy atom. The van der Waals surface area contributed by atoms with E-state index >= 15 is 0 Å². The fourth-order valence-corrected chi connectivity index (χ4v) is 5.04. The van der Waals surface area contributed by atoms with Gasteiger partial charge in [0.2, 0.25) is 0 Å². The Bertz CT molecular complexity index is 1350. The van der Waals surface area contributed by atoms with Crippen LogP contribution in [0.2, 0.25) is 0 Å². The number of aliphatic hydroxyl groups is 1. The zero-order valence-corrected chi connectivity index (χ0v) is 23.7. The van der Waals surface area contributed by atoms with Gasteiger partial charge in [0.05, 0.1) is 18.2 Å². The molecule has 3 aromatic rings. The van der Waals surface area contributed by atoms with Crippen LogP contribution in [0, 0.1) is 6.92 Å². The van der Waals surface area contributed by atoms with Crippen molar-refractivity contribution in [3.63, 3.8) is 0 Å². The molecule has 0 bridgehead atoms. The summed E-state index contributed by atoms with van der Waals surface area (Å²) in [7, 11) is 0. The molecule has 0 spiro atoms. The number of likely N-dealkylation sites (N-methyl/N-ethyl adjacent to an activating group) is 1. The van der Waals surface area contributed by atoms with E-state index in [0.29, 0.717) is 43.4 Å². The van der Waals surface area contributed by atoms with Gasteiger partial charge in [-0.15, -0.1) is 0 Å². The number of ketones is 1. The van der Waals surface area contributed by atoms with Gasteiger partial charge >= 0.3 is 0 Å². The summed E-state index contributed by atoms with van der Waals surface area (Å²) >= 11 is 0. The standard InChI is InChI=1S/C33H38N2O5/c1-5-34(6-2)19-20-35-30(25-13-15-26(16-14-25)39-7-3)29(32(37)33(35)38)31(36)28-18-17-27(21-23(28)4)40-22-24-11-9-8-10-12-24/h8-18,21,30,36H,5-7,19-20,22H2,1-4H3/t30-/m0/s1. The van der Waals surface area contributed by atoms with E-state index in [0.717, 1.165) is 29.8 Å². The van der Waals surface area contributed by atoms with Crippen molar-refractivity contribution in [2.45, 2.75) is 40.3 Å². The van der Waals surface area contributed by atoms with Gasteiger partial charge in [0, 0.05) is 18.7 Å². The van der Waals surface area contributed by atoms with E-state index in [4.69, 9.17) is 9.47 Å². The van der Waals surface area contributed by atoms with Gasteiger partial charge in [-0.25, -0.2) is 0 Å². The van der Waals surface area contributed by atoms with E-state index in [-0.39, 0.29) is 11.3 Å². The summed E-state index contributed by atoms with van der Waals surface area (Å²) in [4.78, 5) is 30.5. The van der Waals surface area contributed by atoms with Crippen LogP contribution in [0.15, 0.2) is 78.4 Å². The van der Waals surface area contributed by atoms with Crippen molar-refractivity contribution in [3.8, 4) is 11.5 Å². The third-order valence-electron chi connectivity index (χ3n) is 7.30. The number of hydrogen-bond donors (Lipinski definition) is 1. The maximum absolute atomic E-state index is 13.4. The Morgan fingerprint density at radius 2 is 1.57 bits per heavy atom. The molecule has 0 unspecified atom stereocenters. The number of benzene rings is 3. The number of likely N-dealkylation sites (tertiary alicyclic amines) is 1. The third kappa shape index (κ3) is 6.37. The molecular weight excluding hydrogens is 504 g/mol. The second kappa shape index (κ2) is 13.3. The molecule has 1 aliphatic heterocycles. The number of aryl methyl sites for hydroxylation is 1. The number of hydrogen-bond acceptors (Lipinski definition) is 6. The van der Waals surface area contributed by atoms with Crippen molar-refractivity contribution < 1.29 is 24.2 Å². The van der Waals surface area contributed by atoms with Gasteiger partial charge in [-0.05, 0) is 74.0 Å². The first-order valence-corrected chi connectivity index (χ1v) is 13.9. The molecule has 0 saturated carbocycles. The molecule has 4 rings (SSSR count). The van der Waals surface area contributed by atoms with Crippen molar-refractivity contribution in [1.29, 1.82) is 0 Å². The lowest BCUT2D eigenvalue weighted by atomic mass is 9.94. The van der Waals surface area contributed by atoms with Crippen LogP contribution < -0.4 is 9.47 Å². The van der Waals surface area contributed by atoms with Crippen LogP contribution in [0.3, 0.4) is 0 Å². The first-order valence-electron chi connectivity index (χ1n) is 13.9. The Morgan fingerprint density at radius 1 is 0.900 bits per heavy atom. The Labute approximate surface area is 236 Å². The van der Waals surface area contributed by atoms with E-state index < -0.39 is 17.7 Å². The quantitative estimate of drug-likeness (QED) is 0.179. The van der Waals surface area contributed by atoms with Gasteiger partial charge < -0.3 is 24.4 Å². The molecule has 1 N–H and O–H groups in total. The summed E-state index contributed by atoms with van der Waals surface area (Å²) in [6.07, 6.45) is 0. The van der Waals surface area contributed by atoms with Gasteiger partial charge in [-0.3, -0.25) is 9.59 Å².